The largest absolute Gasteiger partial charge is 0.393 e. The van der Waals surface area contributed by atoms with Crippen LogP contribution >= 0.6 is 0 Å². The number of fused-ring (bicyclic) bond motifs is 1. The highest BCUT2D eigenvalue weighted by Crippen LogP contribution is 2.45. The van der Waals surface area contributed by atoms with Gasteiger partial charge in [0.1, 0.15) is 6.33 Å². The number of nitrogens with two attached hydrogens (primary N) is 1. The number of benzene rings is 1. The minimum atomic E-state index is -4.09. The summed E-state index contributed by atoms with van der Waals surface area (Å²) in [6, 6.07) is 7.74. The summed E-state index contributed by atoms with van der Waals surface area (Å²) in [7, 11) is -4.09. The van der Waals surface area contributed by atoms with Crippen molar-refractivity contribution in [2.75, 3.05) is 17.2 Å². The Kier molecular flexibility index (Phi) is 6.10. The Hall–Kier alpha value is -2.34. The molecule has 11 heteroatoms. The van der Waals surface area contributed by atoms with Crippen LogP contribution in [0.25, 0.3) is 0 Å². The van der Waals surface area contributed by atoms with Crippen LogP contribution in [0.4, 0.5) is 16.0 Å². The number of aromatic nitrogens is 2. The molecule has 2 aliphatic carbocycles. The van der Waals surface area contributed by atoms with Gasteiger partial charge in [-0.3, -0.25) is 4.18 Å². The van der Waals surface area contributed by atoms with Crippen molar-refractivity contribution in [3.63, 3.8) is 0 Å². The van der Waals surface area contributed by atoms with Crippen molar-refractivity contribution < 1.29 is 22.1 Å². The number of nitrogens with zero attached hydrogens (tertiary/aromatic N) is 2. The van der Waals surface area contributed by atoms with Crippen LogP contribution in [0, 0.1) is 11.7 Å². The molecular weight excluding hydrogens is 437 g/mol. The van der Waals surface area contributed by atoms with Gasteiger partial charge >= 0.3 is 10.3 Å². The van der Waals surface area contributed by atoms with Crippen molar-refractivity contribution in [2.24, 2.45) is 11.1 Å². The number of halogens is 1. The lowest BCUT2D eigenvalue weighted by Gasteiger charge is -2.20. The molecule has 1 aromatic heterocycles. The summed E-state index contributed by atoms with van der Waals surface area (Å²) >= 11 is 0. The summed E-state index contributed by atoms with van der Waals surface area (Å²) in [6.07, 6.45) is 1.97. The molecule has 0 bridgehead atoms. The Morgan fingerprint density at radius 1 is 1.22 bits per heavy atom. The van der Waals surface area contributed by atoms with Gasteiger partial charge in [0.05, 0.1) is 18.8 Å². The molecule has 32 heavy (non-hydrogen) atoms. The molecule has 0 spiro atoms. The van der Waals surface area contributed by atoms with E-state index in [1.54, 1.807) is 0 Å². The van der Waals surface area contributed by atoms with E-state index in [0.29, 0.717) is 12.8 Å². The van der Waals surface area contributed by atoms with Crippen molar-refractivity contribution >= 4 is 21.9 Å². The molecule has 1 heterocycles. The lowest BCUT2D eigenvalue weighted by Crippen LogP contribution is -2.24. The lowest BCUT2D eigenvalue weighted by atomic mass is 9.86. The van der Waals surface area contributed by atoms with Crippen LogP contribution in [0.2, 0.25) is 0 Å². The predicted molar refractivity (Wildman–Crippen MR) is 118 cm³/mol. The van der Waals surface area contributed by atoms with Crippen molar-refractivity contribution in [3.05, 3.63) is 47.5 Å². The Morgan fingerprint density at radius 2 is 1.91 bits per heavy atom. The lowest BCUT2D eigenvalue weighted by molar-refractivity contribution is 0.101. The van der Waals surface area contributed by atoms with E-state index in [9.17, 15) is 13.5 Å². The molecule has 1 saturated carbocycles. The van der Waals surface area contributed by atoms with E-state index in [-0.39, 0.29) is 35.7 Å². The fourth-order valence-electron chi connectivity index (χ4n) is 4.79. The van der Waals surface area contributed by atoms with Crippen LogP contribution in [0.3, 0.4) is 0 Å². The number of anilines is 2. The van der Waals surface area contributed by atoms with Gasteiger partial charge in [-0.25, -0.2) is 15.1 Å². The van der Waals surface area contributed by atoms with Crippen molar-refractivity contribution in [1.82, 2.24) is 9.97 Å². The van der Waals surface area contributed by atoms with E-state index in [1.165, 1.54) is 11.9 Å². The third-order valence-corrected chi connectivity index (χ3v) is 6.79. The zero-order chi connectivity index (χ0) is 23.1. The summed E-state index contributed by atoms with van der Waals surface area (Å²) in [6.45, 7) is 4.10. The first-order valence-electron chi connectivity index (χ1n) is 10.5. The normalized spacial score (nSPS) is 26.7. The summed E-state index contributed by atoms with van der Waals surface area (Å²) < 4.78 is 41.8. The maximum Gasteiger partial charge on any atom is 0.333 e. The number of aliphatic hydroxyl groups is 1. The Bertz CT molecular complexity index is 1100. The second-order valence-electron chi connectivity index (χ2n) is 9.17. The monoisotopic (exact) mass is 465 g/mol. The van der Waals surface area contributed by atoms with E-state index in [4.69, 9.17) is 5.14 Å². The average Bonchev–Trinajstić information content (AvgIpc) is 3.19. The van der Waals surface area contributed by atoms with Crippen LogP contribution in [-0.2, 0) is 19.9 Å². The Labute approximate surface area is 186 Å². The minimum absolute atomic E-state index is 0.0262. The zero-order valence-corrected chi connectivity index (χ0v) is 18.8. The molecule has 4 rings (SSSR count). The molecule has 4 atom stereocenters. The molecule has 9 nitrogen and oxygen atoms in total. The van der Waals surface area contributed by atoms with Crippen molar-refractivity contribution in [1.29, 1.82) is 0 Å². The average molecular weight is 466 g/mol. The fourth-order valence-corrected chi connectivity index (χ4v) is 5.15. The first-order valence-corrected chi connectivity index (χ1v) is 12.0. The molecule has 1 aromatic carbocycles. The van der Waals surface area contributed by atoms with E-state index in [2.05, 4.69) is 44.7 Å². The number of hydrogen-bond acceptors (Lipinski definition) is 8. The number of hydrogen-bond donors (Lipinski definition) is 4. The summed E-state index contributed by atoms with van der Waals surface area (Å²) in [5, 5.41) is 21.3. The van der Waals surface area contributed by atoms with E-state index < -0.39 is 28.1 Å². The molecule has 1 fully saturated rings. The van der Waals surface area contributed by atoms with Gasteiger partial charge in [-0.15, -0.1) is 0 Å². The second kappa shape index (κ2) is 8.54. The maximum atomic E-state index is 15.2. The topological polar surface area (TPSA) is 139 Å². The van der Waals surface area contributed by atoms with Gasteiger partial charge in [0.25, 0.3) is 0 Å². The van der Waals surface area contributed by atoms with Gasteiger partial charge in [0.15, 0.2) is 11.6 Å². The second-order valence-corrected chi connectivity index (χ2v) is 10.4. The smallest absolute Gasteiger partial charge is 0.333 e. The predicted octanol–water partition coefficient (Wildman–Crippen LogP) is 2.22. The fraction of sp³-hybridized carbons (Fsp3) is 0.524. The van der Waals surface area contributed by atoms with Crippen LogP contribution in [0.5, 0.6) is 0 Å². The highest BCUT2D eigenvalue weighted by atomic mass is 32.2. The molecule has 0 saturated heterocycles. The van der Waals surface area contributed by atoms with E-state index in [1.807, 2.05) is 18.2 Å². The SMILES string of the molecule is CC1(C)C[C@H](Nc2ncnc(NC3CC(O)C(COS(N)(=O)=O)C3)c2F)c2ccccc21. The molecular formula is C21H28FN5O4S. The summed E-state index contributed by atoms with van der Waals surface area (Å²) in [4.78, 5) is 8.12. The molecule has 0 radical (unpaired) electrons. The van der Waals surface area contributed by atoms with Gasteiger partial charge in [0, 0.05) is 12.0 Å². The quantitative estimate of drug-likeness (QED) is 0.488. The van der Waals surface area contributed by atoms with Crippen LogP contribution in [0.15, 0.2) is 30.6 Å². The number of rotatable bonds is 7. The highest BCUT2D eigenvalue weighted by Gasteiger charge is 2.38. The van der Waals surface area contributed by atoms with Crippen molar-refractivity contribution in [3.8, 4) is 0 Å². The van der Waals surface area contributed by atoms with Crippen LogP contribution in [-0.4, -0.2) is 42.2 Å². The van der Waals surface area contributed by atoms with E-state index >= 15 is 4.39 Å². The number of aliphatic hydroxyl groups excluding tert-OH is 1. The molecule has 0 amide bonds. The highest BCUT2D eigenvalue weighted by molar-refractivity contribution is 7.84. The molecule has 2 aromatic rings. The first kappa shape index (κ1) is 22.8. The summed E-state index contributed by atoms with van der Waals surface area (Å²) in [5.41, 5.74) is 2.33. The standard InChI is InChI=1S/C21H28FN5O4S/c1-21(2)9-16(14-5-3-4-6-15(14)21)27-20-18(22)19(24-11-25-20)26-13-7-12(17(28)8-13)10-31-32(23,29)30/h3-6,11-13,16-17,28H,7-10H2,1-2H3,(H2,23,29,30)(H2,24,25,26,27)/t12?,13?,16-,17?/m0/s1. The first-order chi connectivity index (χ1) is 15.0. The maximum absolute atomic E-state index is 15.2. The van der Waals surface area contributed by atoms with Gasteiger partial charge < -0.3 is 15.7 Å². The van der Waals surface area contributed by atoms with Gasteiger partial charge in [-0.1, -0.05) is 38.1 Å². The third kappa shape index (κ3) is 4.85. The van der Waals surface area contributed by atoms with Gasteiger partial charge in [0.2, 0.25) is 5.82 Å². The minimum Gasteiger partial charge on any atom is -0.393 e. The van der Waals surface area contributed by atoms with Crippen LogP contribution < -0.4 is 15.8 Å². The number of nitrogens with one attached hydrogen (secondary N) is 2. The van der Waals surface area contributed by atoms with Gasteiger partial charge in [-0.05, 0) is 35.8 Å². The molecule has 5 N–H and O–H groups in total. The van der Waals surface area contributed by atoms with E-state index in [0.717, 1.165) is 12.0 Å². The molecule has 3 unspecified atom stereocenters. The van der Waals surface area contributed by atoms with Crippen molar-refractivity contribution in [2.45, 2.75) is 56.7 Å². The molecule has 0 aliphatic heterocycles. The Morgan fingerprint density at radius 3 is 2.62 bits per heavy atom. The Balaban J connectivity index is 1.45. The molecule has 2 aliphatic rings. The zero-order valence-electron chi connectivity index (χ0n) is 18.0. The summed E-state index contributed by atoms with van der Waals surface area (Å²) in [5.74, 6) is -0.912. The van der Waals surface area contributed by atoms with Crippen LogP contribution in [0.1, 0.15) is 50.3 Å². The molecule has 174 valence electrons. The van der Waals surface area contributed by atoms with Gasteiger partial charge in [-0.2, -0.15) is 12.8 Å². The third-order valence-electron chi connectivity index (χ3n) is 6.32.